The largest absolute Gasteiger partial charge is 1.00 e. The highest BCUT2D eigenvalue weighted by Gasteiger charge is 2.31. The maximum atomic E-state index is 2.37. The van der Waals surface area contributed by atoms with Crippen LogP contribution in [-0.2, 0) is 0 Å². The molecule has 0 bridgehead atoms. The summed E-state index contributed by atoms with van der Waals surface area (Å²) in [6, 6.07) is 0. The number of nitrogens with zero attached hydrogens (tertiary/aromatic N) is 1. The molecule has 0 saturated carbocycles. The van der Waals surface area contributed by atoms with Crippen molar-refractivity contribution in [2.45, 2.75) is 55.4 Å². The van der Waals surface area contributed by atoms with Gasteiger partial charge in [0.2, 0.25) is 0 Å². The number of hydrogen-bond acceptors (Lipinski definition) is 0. The number of rotatable bonds is 8. The Labute approximate surface area is 131 Å². The lowest BCUT2D eigenvalue weighted by molar-refractivity contribution is -0.938. The molecule has 21 heavy (non-hydrogen) atoms. The van der Waals surface area contributed by atoms with E-state index in [0.29, 0.717) is 0 Å². The molecule has 0 radical (unpaired) electrons. The summed E-state index contributed by atoms with van der Waals surface area (Å²) in [5.74, 6) is 3.19. The molecule has 0 fully saturated rings. The van der Waals surface area contributed by atoms with E-state index in [1.807, 2.05) is 0 Å². The molecule has 0 atom stereocenters. The van der Waals surface area contributed by atoms with Crippen LogP contribution in [-0.4, -0.2) is 47.1 Å². The Morgan fingerprint density at radius 1 is 0.476 bits per heavy atom. The third kappa shape index (κ3) is 16.0. The van der Waals surface area contributed by atoms with Crippen LogP contribution in [0.4, 0.5) is 0 Å². The monoisotopic (exact) mass is 315 g/mol. The lowest BCUT2D eigenvalue weighted by Gasteiger charge is -2.44. The molecule has 0 heterocycles. The standard InChI is InChI=1S/C16H36N.FH.3H2O/c1-13(2)9-17(10-14(3)4,11-15(5)6)12-16(7)8;;;;/h13-16H,9-12H2,1-8H3;1H;3*1H2/q+1;;;;/p-1. The molecule has 0 amide bonds. The van der Waals surface area contributed by atoms with Gasteiger partial charge in [0.1, 0.15) is 0 Å². The third-order valence-electron chi connectivity index (χ3n) is 3.01. The molecule has 0 aromatic heterocycles. The zero-order chi connectivity index (χ0) is 13.6. The lowest BCUT2D eigenvalue weighted by atomic mass is 10.0. The van der Waals surface area contributed by atoms with Gasteiger partial charge in [-0.15, -0.1) is 0 Å². The summed E-state index contributed by atoms with van der Waals surface area (Å²) in [7, 11) is 0. The van der Waals surface area contributed by atoms with Gasteiger partial charge in [0.25, 0.3) is 0 Å². The second-order valence-corrected chi connectivity index (χ2v) is 7.65. The average molecular weight is 316 g/mol. The molecule has 0 aliphatic heterocycles. The minimum Gasteiger partial charge on any atom is -1.00 e. The zero-order valence-corrected chi connectivity index (χ0v) is 15.5. The van der Waals surface area contributed by atoms with Crippen molar-refractivity contribution in [3.05, 3.63) is 0 Å². The van der Waals surface area contributed by atoms with Gasteiger partial charge in [-0.1, -0.05) is 55.4 Å². The van der Waals surface area contributed by atoms with E-state index >= 15 is 0 Å². The molecule has 0 spiro atoms. The van der Waals surface area contributed by atoms with Crippen molar-refractivity contribution in [3.63, 3.8) is 0 Å². The predicted octanol–water partition coefficient (Wildman–Crippen LogP) is -1.04. The Balaban J connectivity index is -0.000000213. The SMILES string of the molecule is CC(C)C[N+](CC(C)C)(CC(C)C)CC(C)C.O.O.O.[F-]. The second kappa shape index (κ2) is 14.7. The fourth-order valence-electron chi connectivity index (χ4n) is 3.55. The Hall–Kier alpha value is -0.230. The zero-order valence-electron chi connectivity index (χ0n) is 15.5. The average Bonchev–Trinajstić information content (AvgIpc) is 1.95. The van der Waals surface area contributed by atoms with Gasteiger partial charge in [0.05, 0.1) is 26.2 Å². The van der Waals surface area contributed by atoms with Crippen LogP contribution in [0.3, 0.4) is 0 Å². The van der Waals surface area contributed by atoms with Crippen LogP contribution < -0.4 is 4.70 Å². The molecular weight excluding hydrogens is 273 g/mol. The molecule has 6 N–H and O–H groups in total. The molecule has 0 saturated heterocycles. The molecule has 0 aromatic rings. The van der Waals surface area contributed by atoms with E-state index in [4.69, 9.17) is 0 Å². The highest BCUT2D eigenvalue weighted by molar-refractivity contribution is 4.57. The Kier molecular flexibility index (Phi) is 22.8. The quantitative estimate of drug-likeness (QED) is 0.512. The van der Waals surface area contributed by atoms with Crippen LogP contribution in [0.15, 0.2) is 0 Å². The van der Waals surface area contributed by atoms with E-state index in [2.05, 4.69) is 55.4 Å². The smallest absolute Gasteiger partial charge is 0.0810 e. The summed E-state index contributed by atoms with van der Waals surface area (Å²) in [6.07, 6.45) is 0. The van der Waals surface area contributed by atoms with Crippen molar-refractivity contribution in [1.29, 1.82) is 0 Å². The molecule has 4 nitrogen and oxygen atoms in total. The maximum absolute atomic E-state index is 2.37. The Bertz CT molecular complexity index is 164. The number of quaternary nitrogens is 1. The molecule has 0 rings (SSSR count). The van der Waals surface area contributed by atoms with Crippen molar-refractivity contribution < 1.29 is 25.6 Å². The van der Waals surface area contributed by atoms with Crippen LogP contribution >= 0.6 is 0 Å². The highest BCUT2D eigenvalue weighted by Crippen LogP contribution is 2.21. The first-order valence-corrected chi connectivity index (χ1v) is 7.52. The lowest BCUT2D eigenvalue weighted by Crippen LogP contribution is -3.00. The molecular formula is C16H42FNO3. The van der Waals surface area contributed by atoms with Gasteiger partial charge in [-0.2, -0.15) is 0 Å². The number of halogens is 1. The maximum Gasteiger partial charge on any atom is 0.0810 e. The van der Waals surface area contributed by atoms with Gasteiger partial charge in [-0.05, 0) is 0 Å². The summed E-state index contributed by atoms with van der Waals surface area (Å²) >= 11 is 0. The van der Waals surface area contributed by atoms with Crippen molar-refractivity contribution in [3.8, 4) is 0 Å². The molecule has 0 aliphatic rings. The van der Waals surface area contributed by atoms with Crippen LogP contribution in [0.1, 0.15) is 55.4 Å². The second-order valence-electron chi connectivity index (χ2n) is 7.65. The van der Waals surface area contributed by atoms with Crippen molar-refractivity contribution in [1.82, 2.24) is 0 Å². The Morgan fingerprint density at radius 2 is 0.619 bits per heavy atom. The minimum atomic E-state index is 0. The summed E-state index contributed by atoms with van der Waals surface area (Å²) < 4.78 is 1.32. The fourth-order valence-corrected chi connectivity index (χ4v) is 3.55. The van der Waals surface area contributed by atoms with Gasteiger partial charge in [0, 0.05) is 23.7 Å². The van der Waals surface area contributed by atoms with Crippen LogP contribution in [0.25, 0.3) is 0 Å². The molecule has 0 unspecified atom stereocenters. The Morgan fingerprint density at radius 3 is 0.714 bits per heavy atom. The first-order chi connectivity index (χ1) is 7.67. The summed E-state index contributed by atoms with van der Waals surface area (Å²) in [5.41, 5.74) is 0. The fraction of sp³-hybridized carbons (Fsp3) is 1.00. The van der Waals surface area contributed by atoms with Crippen molar-refractivity contribution in [2.24, 2.45) is 23.7 Å². The first kappa shape index (κ1) is 32.6. The van der Waals surface area contributed by atoms with E-state index in [-0.39, 0.29) is 21.1 Å². The van der Waals surface area contributed by atoms with E-state index in [0.717, 1.165) is 23.7 Å². The van der Waals surface area contributed by atoms with Gasteiger partial charge >= 0.3 is 0 Å². The first-order valence-electron chi connectivity index (χ1n) is 7.52. The normalized spacial score (nSPS) is 10.9. The van der Waals surface area contributed by atoms with Crippen molar-refractivity contribution >= 4 is 0 Å². The summed E-state index contributed by atoms with van der Waals surface area (Å²) in [6.45, 7) is 24.3. The third-order valence-corrected chi connectivity index (χ3v) is 3.01. The molecule has 0 aliphatic carbocycles. The van der Waals surface area contributed by atoms with E-state index in [1.165, 1.54) is 30.7 Å². The van der Waals surface area contributed by atoms with Gasteiger partial charge < -0.3 is 25.6 Å². The van der Waals surface area contributed by atoms with Crippen LogP contribution in [0, 0.1) is 23.7 Å². The van der Waals surface area contributed by atoms with Crippen LogP contribution in [0.2, 0.25) is 0 Å². The van der Waals surface area contributed by atoms with Gasteiger partial charge in [-0.25, -0.2) is 0 Å². The topological polar surface area (TPSA) is 94.5 Å². The molecule has 0 aromatic carbocycles. The van der Waals surface area contributed by atoms with Gasteiger partial charge in [-0.3, -0.25) is 0 Å². The minimum absolute atomic E-state index is 0. The van der Waals surface area contributed by atoms with Crippen LogP contribution in [0.5, 0.6) is 0 Å². The van der Waals surface area contributed by atoms with E-state index in [1.54, 1.807) is 0 Å². The van der Waals surface area contributed by atoms with E-state index < -0.39 is 0 Å². The molecule has 136 valence electrons. The number of hydrogen-bond donors (Lipinski definition) is 0. The molecule has 5 heteroatoms. The summed E-state index contributed by atoms with van der Waals surface area (Å²) in [5, 5.41) is 0. The van der Waals surface area contributed by atoms with Gasteiger partial charge in [0.15, 0.2) is 0 Å². The van der Waals surface area contributed by atoms with E-state index in [9.17, 15) is 0 Å². The highest BCUT2D eigenvalue weighted by atomic mass is 19.0. The van der Waals surface area contributed by atoms with Crippen molar-refractivity contribution in [2.75, 3.05) is 26.2 Å². The predicted molar refractivity (Wildman–Crippen MR) is 89.9 cm³/mol. The summed E-state index contributed by atoms with van der Waals surface area (Å²) in [4.78, 5) is 0.